The molecule has 0 bridgehead atoms. The molecule has 1 heteroatoms. The van der Waals surface area contributed by atoms with Crippen LogP contribution < -0.4 is 5.32 Å². The van der Waals surface area contributed by atoms with Crippen LogP contribution in [0, 0.1) is 6.92 Å². The summed E-state index contributed by atoms with van der Waals surface area (Å²) in [6, 6.07) is 6.66. The summed E-state index contributed by atoms with van der Waals surface area (Å²) in [7, 11) is 1.96. The van der Waals surface area contributed by atoms with Gasteiger partial charge in [0.25, 0.3) is 0 Å². The summed E-state index contributed by atoms with van der Waals surface area (Å²) in [5.74, 6) is 0.555. The lowest BCUT2D eigenvalue weighted by atomic mass is 9.91. The summed E-state index contributed by atoms with van der Waals surface area (Å²) < 4.78 is 0. The van der Waals surface area contributed by atoms with Crippen LogP contribution in [0.4, 0.5) is 5.69 Å². The maximum absolute atomic E-state index is 3.19. The standard InChI is InChI=1S/C14H17N/c1-11-10-13(8-9-14(11)15-2)12-6-4-3-5-7-12/h3-6,8-10,12,15H,7H2,1-2H3. The molecule has 0 aromatic heterocycles. The Bertz CT molecular complexity index is 402. The number of aryl methyl sites for hydroxylation is 1. The SMILES string of the molecule is CNc1ccc(C2C=CC=CC2)cc1C. The number of rotatable bonds is 2. The van der Waals surface area contributed by atoms with Gasteiger partial charge in [-0.2, -0.15) is 0 Å². The van der Waals surface area contributed by atoms with Crippen LogP contribution in [0.2, 0.25) is 0 Å². The predicted molar refractivity (Wildman–Crippen MR) is 66.4 cm³/mol. The van der Waals surface area contributed by atoms with Crippen molar-refractivity contribution in [1.29, 1.82) is 0 Å². The fourth-order valence-electron chi connectivity index (χ4n) is 2.03. The summed E-state index contributed by atoms with van der Waals surface area (Å²) in [4.78, 5) is 0. The molecule has 1 unspecified atom stereocenters. The first-order chi connectivity index (χ1) is 7.31. The van der Waals surface area contributed by atoms with Crippen LogP contribution in [0.5, 0.6) is 0 Å². The minimum atomic E-state index is 0.555. The van der Waals surface area contributed by atoms with Crippen molar-refractivity contribution >= 4 is 5.69 Å². The highest BCUT2D eigenvalue weighted by molar-refractivity contribution is 5.52. The number of nitrogens with one attached hydrogen (secondary N) is 1. The van der Waals surface area contributed by atoms with Crippen LogP contribution >= 0.6 is 0 Å². The molecule has 78 valence electrons. The third kappa shape index (κ3) is 2.12. The summed E-state index contributed by atoms with van der Waals surface area (Å²) in [6.07, 6.45) is 9.87. The average molecular weight is 199 g/mol. The zero-order chi connectivity index (χ0) is 10.7. The minimum absolute atomic E-state index is 0.555. The second-order valence-corrected chi connectivity index (χ2v) is 3.98. The second kappa shape index (κ2) is 4.35. The number of hydrogen-bond acceptors (Lipinski definition) is 1. The topological polar surface area (TPSA) is 12.0 Å². The maximum atomic E-state index is 3.19. The summed E-state index contributed by atoms with van der Waals surface area (Å²) in [5, 5.41) is 3.19. The van der Waals surface area contributed by atoms with Gasteiger partial charge in [0.05, 0.1) is 0 Å². The highest BCUT2D eigenvalue weighted by atomic mass is 14.8. The molecule has 0 spiro atoms. The van der Waals surface area contributed by atoms with E-state index in [2.05, 4.69) is 54.7 Å². The number of allylic oxidation sites excluding steroid dienone is 4. The average Bonchev–Trinajstić information content (AvgIpc) is 2.30. The van der Waals surface area contributed by atoms with Crippen molar-refractivity contribution < 1.29 is 0 Å². The van der Waals surface area contributed by atoms with Crippen molar-refractivity contribution in [3.8, 4) is 0 Å². The highest BCUT2D eigenvalue weighted by Gasteiger charge is 2.09. The summed E-state index contributed by atoms with van der Waals surface area (Å²) in [6.45, 7) is 2.15. The van der Waals surface area contributed by atoms with Gasteiger partial charge >= 0.3 is 0 Å². The third-order valence-electron chi connectivity index (χ3n) is 2.93. The lowest BCUT2D eigenvalue weighted by Crippen LogP contribution is -1.98. The fourth-order valence-corrected chi connectivity index (χ4v) is 2.03. The smallest absolute Gasteiger partial charge is 0.0367 e. The lowest BCUT2D eigenvalue weighted by Gasteiger charge is -2.15. The molecule has 0 saturated heterocycles. The van der Waals surface area contributed by atoms with E-state index >= 15 is 0 Å². The molecule has 1 N–H and O–H groups in total. The Morgan fingerprint density at radius 2 is 2.13 bits per heavy atom. The van der Waals surface area contributed by atoms with Gasteiger partial charge in [-0.3, -0.25) is 0 Å². The van der Waals surface area contributed by atoms with Gasteiger partial charge in [0.2, 0.25) is 0 Å². The van der Waals surface area contributed by atoms with E-state index in [4.69, 9.17) is 0 Å². The Morgan fingerprint density at radius 3 is 2.73 bits per heavy atom. The molecule has 1 atom stereocenters. The van der Waals surface area contributed by atoms with Crippen LogP contribution in [0.15, 0.2) is 42.5 Å². The van der Waals surface area contributed by atoms with E-state index in [9.17, 15) is 0 Å². The molecule has 0 heterocycles. The van der Waals surface area contributed by atoms with E-state index in [1.54, 1.807) is 0 Å². The molecule has 1 aliphatic rings. The molecule has 0 aliphatic heterocycles. The fraction of sp³-hybridized carbons (Fsp3) is 0.286. The first-order valence-corrected chi connectivity index (χ1v) is 5.43. The van der Waals surface area contributed by atoms with Crippen molar-refractivity contribution in [2.45, 2.75) is 19.3 Å². The maximum Gasteiger partial charge on any atom is 0.0367 e. The zero-order valence-electron chi connectivity index (χ0n) is 9.33. The molecule has 1 nitrogen and oxygen atoms in total. The van der Waals surface area contributed by atoms with E-state index in [0.717, 1.165) is 6.42 Å². The second-order valence-electron chi connectivity index (χ2n) is 3.98. The molecule has 1 aliphatic carbocycles. The van der Waals surface area contributed by atoms with Crippen molar-refractivity contribution in [3.05, 3.63) is 53.6 Å². The van der Waals surface area contributed by atoms with Crippen molar-refractivity contribution in [1.82, 2.24) is 0 Å². The Morgan fingerprint density at radius 1 is 1.27 bits per heavy atom. The Balaban J connectivity index is 2.26. The first kappa shape index (κ1) is 10.0. The molecule has 0 saturated carbocycles. The minimum Gasteiger partial charge on any atom is -0.388 e. The van der Waals surface area contributed by atoms with Crippen LogP contribution in [0.25, 0.3) is 0 Å². The molecular weight excluding hydrogens is 182 g/mol. The van der Waals surface area contributed by atoms with Gasteiger partial charge in [0.15, 0.2) is 0 Å². The van der Waals surface area contributed by atoms with Gasteiger partial charge in [-0.05, 0) is 30.5 Å². The Labute approximate surface area is 91.5 Å². The Kier molecular flexibility index (Phi) is 2.91. The van der Waals surface area contributed by atoms with E-state index < -0.39 is 0 Å². The van der Waals surface area contributed by atoms with E-state index in [0.29, 0.717) is 5.92 Å². The van der Waals surface area contributed by atoms with Gasteiger partial charge in [0, 0.05) is 18.7 Å². The van der Waals surface area contributed by atoms with E-state index in [1.807, 2.05) is 7.05 Å². The number of benzene rings is 1. The monoisotopic (exact) mass is 199 g/mol. The quantitative estimate of drug-likeness (QED) is 0.766. The van der Waals surface area contributed by atoms with E-state index in [1.165, 1.54) is 16.8 Å². The van der Waals surface area contributed by atoms with Crippen molar-refractivity contribution in [3.63, 3.8) is 0 Å². The van der Waals surface area contributed by atoms with Gasteiger partial charge in [-0.1, -0.05) is 36.4 Å². The van der Waals surface area contributed by atoms with Crippen molar-refractivity contribution in [2.75, 3.05) is 12.4 Å². The van der Waals surface area contributed by atoms with Crippen LogP contribution in [0.3, 0.4) is 0 Å². The lowest BCUT2D eigenvalue weighted by molar-refractivity contribution is 0.852. The number of anilines is 1. The molecule has 0 fully saturated rings. The molecule has 2 rings (SSSR count). The molecule has 1 aromatic carbocycles. The third-order valence-corrected chi connectivity index (χ3v) is 2.93. The molecular formula is C14H17N. The van der Waals surface area contributed by atoms with Crippen LogP contribution in [-0.2, 0) is 0 Å². The Hall–Kier alpha value is -1.50. The summed E-state index contributed by atoms with van der Waals surface area (Å²) >= 11 is 0. The molecule has 1 aromatic rings. The van der Waals surface area contributed by atoms with Gasteiger partial charge in [-0.25, -0.2) is 0 Å². The van der Waals surface area contributed by atoms with Crippen molar-refractivity contribution in [2.24, 2.45) is 0 Å². The van der Waals surface area contributed by atoms with E-state index in [-0.39, 0.29) is 0 Å². The predicted octanol–water partition coefficient (Wildman–Crippen LogP) is 3.64. The van der Waals surface area contributed by atoms with Gasteiger partial charge in [-0.15, -0.1) is 0 Å². The van der Waals surface area contributed by atoms with Gasteiger partial charge in [0.1, 0.15) is 0 Å². The molecule has 0 radical (unpaired) electrons. The highest BCUT2D eigenvalue weighted by Crippen LogP contribution is 2.27. The van der Waals surface area contributed by atoms with Gasteiger partial charge < -0.3 is 5.32 Å². The number of hydrogen-bond donors (Lipinski definition) is 1. The van der Waals surface area contributed by atoms with Crippen LogP contribution in [-0.4, -0.2) is 7.05 Å². The molecule has 15 heavy (non-hydrogen) atoms. The van der Waals surface area contributed by atoms with Crippen LogP contribution in [0.1, 0.15) is 23.5 Å². The summed E-state index contributed by atoms with van der Waals surface area (Å²) in [5.41, 5.74) is 3.94. The largest absolute Gasteiger partial charge is 0.388 e. The zero-order valence-corrected chi connectivity index (χ0v) is 9.33. The molecule has 0 amide bonds. The normalized spacial score (nSPS) is 19.2. The first-order valence-electron chi connectivity index (χ1n) is 5.43.